The molecule has 0 spiro atoms. The molecule has 1 aliphatic heterocycles. The Kier molecular flexibility index (Phi) is 4.85. The quantitative estimate of drug-likeness (QED) is 0.476. The van der Waals surface area contributed by atoms with E-state index in [1.54, 1.807) is 18.2 Å². The van der Waals surface area contributed by atoms with Gasteiger partial charge in [-0.15, -0.1) is 0 Å². The molecule has 0 aromatic heterocycles. The van der Waals surface area contributed by atoms with Crippen molar-refractivity contribution in [1.29, 1.82) is 0 Å². The number of nitrogens with one attached hydrogen (secondary N) is 1. The Morgan fingerprint density at radius 1 is 1.04 bits per heavy atom. The first kappa shape index (κ1) is 17.5. The predicted octanol–water partition coefficient (Wildman–Crippen LogP) is 3.96. The summed E-state index contributed by atoms with van der Waals surface area (Å²) in [6, 6.07) is 9.98. The van der Waals surface area contributed by atoms with E-state index in [1.165, 1.54) is 30.3 Å². The van der Waals surface area contributed by atoms with Crippen molar-refractivity contribution >= 4 is 64.1 Å². The maximum Gasteiger partial charge on any atom is 0.270 e. The molecule has 8 heteroatoms. The number of amides is 2. The molecular weight excluding hydrogens is 386 g/mol. The molecule has 1 N–H and O–H groups in total. The third-order valence-corrected chi connectivity index (χ3v) is 4.42. The van der Waals surface area contributed by atoms with Crippen LogP contribution in [0.25, 0.3) is 6.08 Å². The highest BCUT2D eigenvalue weighted by Gasteiger charge is 2.34. The Morgan fingerprint density at radius 3 is 2.24 bits per heavy atom. The summed E-state index contributed by atoms with van der Waals surface area (Å²) in [4.78, 5) is 26.1. The van der Waals surface area contributed by atoms with Gasteiger partial charge >= 0.3 is 0 Å². The Hall–Kier alpha value is -2.28. The van der Waals surface area contributed by atoms with E-state index in [4.69, 9.17) is 35.4 Å². The third-order valence-electron chi connectivity index (χ3n) is 3.47. The number of benzene rings is 2. The number of halogens is 3. The van der Waals surface area contributed by atoms with E-state index in [9.17, 15) is 14.0 Å². The first-order valence-corrected chi connectivity index (χ1v) is 8.16. The van der Waals surface area contributed by atoms with Gasteiger partial charge in [0.15, 0.2) is 5.11 Å². The van der Waals surface area contributed by atoms with Crippen molar-refractivity contribution in [3.05, 3.63) is 69.5 Å². The average Bonchev–Trinajstić information content (AvgIpc) is 2.55. The van der Waals surface area contributed by atoms with Crippen molar-refractivity contribution in [2.75, 3.05) is 4.90 Å². The first-order valence-electron chi connectivity index (χ1n) is 6.99. The van der Waals surface area contributed by atoms with Crippen LogP contribution in [0.1, 0.15) is 5.56 Å². The zero-order chi connectivity index (χ0) is 18.1. The normalized spacial score (nSPS) is 16.4. The predicted molar refractivity (Wildman–Crippen MR) is 99.1 cm³/mol. The van der Waals surface area contributed by atoms with Crippen LogP contribution in [0, 0.1) is 5.82 Å². The molecule has 1 saturated heterocycles. The molecule has 1 heterocycles. The molecule has 2 amide bonds. The van der Waals surface area contributed by atoms with Crippen molar-refractivity contribution < 1.29 is 14.0 Å². The summed E-state index contributed by atoms with van der Waals surface area (Å²) in [5.41, 5.74) is 0.483. The molecule has 0 atom stereocenters. The fourth-order valence-corrected chi connectivity index (χ4v) is 3.06. The number of anilines is 1. The lowest BCUT2D eigenvalue weighted by Crippen LogP contribution is -2.54. The zero-order valence-electron chi connectivity index (χ0n) is 12.4. The van der Waals surface area contributed by atoms with Crippen molar-refractivity contribution in [2.45, 2.75) is 0 Å². The number of nitrogens with zero attached hydrogens (tertiary/aromatic N) is 1. The summed E-state index contributed by atoms with van der Waals surface area (Å²) < 4.78 is 13.1. The van der Waals surface area contributed by atoms with Crippen LogP contribution >= 0.6 is 35.4 Å². The highest BCUT2D eigenvalue weighted by atomic mass is 35.5. The van der Waals surface area contributed by atoms with Gasteiger partial charge in [0.25, 0.3) is 11.8 Å². The molecule has 0 bridgehead atoms. The van der Waals surface area contributed by atoms with Crippen LogP contribution in [0.15, 0.2) is 48.0 Å². The molecular formula is C17H9Cl2FN2O2S. The van der Waals surface area contributed by atoms with Crippen LogP contribution in [-0.4, -0.2) is 16.9 Å². The number of carbonyl (C=O) groups is 2. The molecule has 126 valence electrons. The minimum atomic E-state index is -0.663. The summed E-state index contributed by atoms with van der Waals surface area (Å²) in [6.45, 7) is 0. The molecule has 3 rings (SSSR count). The molecule has 0 radical (unpaired) electrons. The lowest BCUT2D eigenvalue weighted by Gasteiger charge is -2.29. The second kappa shape index (κ2) is 6.92. The van der Waals surface area contributed by atoms with Gasteiger partial charge in [0.05, 0.1) is 5.69 Å². The second-order valence-electron chi connectivity index (χ2n) is 5.07. The minimum Gasteiger partial charge on any atom is -0.298 e. The summed E-state index contributed by atoms with van der Waals surface area (Å²) in [5, 5.41) is 2.93. The van der Waals surface area contributed by atoms with E-state index < -0.39 is 17.6 Å². The van der Waals surface area contributed by atoms with Crippen molar-refractivity contribution in [3.8, 4) is 0 Å². The van der Waals surface area contributed by atoms with Crippen LogP contribution < -0.4 is 10.2 Å². The van der Waals surface area contributed by atoms with E-state index in [1.807, 2.05) is 0 Å². The maximum atomic E-state index is 13.1. The Morgan fingerprint density at radius 2 is 1.64 bits per heavy atom. The van der Waals surface area contributed by atoms with E-state index >= 15 is 0 Å². The standard InChI is InChI=1S/C17H9Cl2FN2O2S/c18-13-2-1-3-14(19)11(13)8-12-15(23)21-17(25)22(16(12)24)10-6-4-9(20)5-7-10/h1-8H,(H,21,23,25)/b12-8-. The Bertz CT molecular complexity index is 908. The fraction of sp³-hybridized carbons (Fsp3) is 0. The molecule has 25 heavy (non-hydrogen) atoms. The average molecular weight is 395 g/mol. The van der Waals surface area contributed by atoms with Gasteiger partial charge in [-0.2, -0.15) is 0 Å². The number of carbonyl (C=O) groups excluding carboxylic acids is 2. The van der Waals surface area contributed by atoms with Crippen LogP contribution in [-0.2, 0) is 9.59 Å². The molecule has 4 nitrogen and oxygen atoms in total. The molecule has 0 unspecified atom stereocenters. The maximum absolute atomic E-state index is 13.1. The topological polar surface area (TPSA) is 49.4 Å². The third kappa shape index (κ3) is 3.42. The Labute approximate surface area is 157 Å². The first-order chi connectivity index (χ1) is 11.9. The van der Waals surface area contributed by atoms with E-state index in [-0.39, 0.29) is 10.7 Å². The monoisotopic (exact) mass is 394 g/mol. The van der Waals surface area contributed by atoms with Gasteiger partial charge in [-0.25, -0.2) is 4.39 Å². The van der Waals surface area contributed by atoms with Crippen LogP contribution in [0.3, 0.4) is 0 Å². The van der Waals surface area contributed by atoms with Gasteiger partial charge in [-0.05, 0) is 54.7 Å². The van der Waals surface area contributed by atoms with Crippen LogP contribution in [0.5, 0.6) is 0 Å². The molecule has 0 saturated carbocycles. The summed E-state index contributed by atoms with van der Waals surface area (Å²) >= 11 is 17.2. The summed E-state index contributed by atoms with van der Waals surface area (Å²) in [5.74, 6) is -1.78. The van der Waals surface area contributed by atoms with E-state index in [0.29, 0.717) is 21.3 Å². The lowest BCUT2D eigenvalue weighted by molar-refractivity contribution is -0.122. The van der Waals surface area contributed by atoms with Gasteiger partial charge < -0.3 is 0 Å². The summed E-state index contributed by atoms with van der Waals surface area (Å²) in [7, 11) is 0. The number of thiocarbonyl (C=S) groups is 1. The van der Waals surface area contributed by atoms with Crippen LogP contribution in [0.4, 0.5) is 10.1 Å². The van der Waals surface area contributed by atoms with Gasteiger partial charge in [0, 0.05) is 15.6 Å². The van der Waals surface area contributed by atoms with Crippen molar-refractivity contribution in [3.63, 3.8) is 0 Å². The highest BCUT2D eigenvalue weighted by Crippen LogP contribution is 2.29. The summed E-state index contributed by atoms with van der Waals surface area (Å²) in [6.07, 6.45) is 1.31. The van der Waals surface area contributed by atoms with Gasteiger partial charge in [0.2, 0.25) is 0 Å². The minimum absolute atomic E-state index is 0.0935. The van der Waals surface area contributed by atoms with Gasteiger partial charge in [-0.1, -0.05) is 29.3 Å². The van der Waals surface area contributed by atoms with Crippen molar-refractivity contribution in [2.24, 2.45) is 0 Å². The molecule has 2 aromatic rings. The van der Waals surface area contributed by atoms with Crippen LogP contribution in [0.2, 0.25) is 10.0 Å². The number of rotatable bonds is 2. The smallest absolute Gasteiger partial charge is 0.270 e. The van der Waals surface area contributed by atoms with Gasteiger partial charge in [-0.3, -0.25) is 19.8 Å². The number of hydrogen-bond acceptors (Lipinski definition) is 3. The lowest BCUT2D eigenvalue weighted by atomic mass is 10.1. The van der Waals surface area contributed by atoms with E-state index in [2.05, 4.69) is 5.32 Å². The molecule has 1 aliphatic rings. The molecule has 1 fully saturated rings. The SMILES string of the molecule is O=C1NC(=S)N(c2ccc(F)cc2)C(=O)/C1=C\c1c(Cl)cccc1Cl. The number of hydrogen-bond donors (Lipinski definition) is 1. The van der Waals surface area contributed by atoms with Crippen molar-refractivity contribution in [1.82, 2.24) is 5.32 Å². The highest BCUT2D eigenvalue weighted by molar-refractivity contribution is 7.80. The molecule has 2 aromatic carbocycles. The fourth-order valence-electron chi connectivity index (χ4n) is 2.28. The molecule has 0 aliphatic carbocycles. The second-order valence-corrected chi connectivity index (χ2v) is 6.27. The Balaban J connectivity index is 2.07. The van der Waals surface area contributed by atoms with E-state index in [0.717, 1.165) is 4.90 Å². The van der Waals surface area contributed by atoms with Gasteiger partial charge in [0.1, 0.15) is 11.4 Å². The zero-order valence-corrected chi connectivity index (χ0v) is 14.8. The largest absolute Gasteiger partial charge is 0.298 e.